The molecule has 0 radical (unpaired) electrons. The number of hydrogen-bond donors (Lipinski definition) is 1. The normalized spacial score (nSPS) is 14.5. The van der Waals surface area contributed by atoms with E-state index in [1.165, 1.54) is 39.2 Å². The average molecular weight is 431 g/mol. The number of methoxy groups -OCH3 is 3. The largest absolute Gasteiger partial charge is 0.493 e. The standard InChI is InChI=1S/C20H17NO6S2/c1-24-13-7-5-12(10-16(13)26-3)19(23)27-14-6-4-11(8-15(14)25-2)9-17-18(22)21-20(28)29-17/h4-10H,1-3H3,(H,21,22,28)/b17-9-. The van der Waals surface area contributed by atoms with Crippen LogP contribution in [-0.2, 0) is 4.79 Å². The molecule has 1 heterocycles. The molecule has 1 amide bonds. The van der Waals surface area contributed by atoms with Crippen molar-refractivity contribution in [1.29, 1.82) is 0 Å². The van der Waals surface area contributed by atoms with Gasteiger partial charge in [-0.2, -0.15) is 0 Å². The molecule has 9 heteroatoms. The van der Waals surface area contributed by atoms with Gasteiger partial charge < -0.3 is 24.3 Å². The Balaban J connectivity index is 1.82. The van der Waals surface area contributed by atoms with Gasteiger partial charge in [0.1, 0.15) is 4.32 Å². The molecule has 1 aliphatic heterocycles. The molecule has 1 N–H and O–H groups in total. The van der Waals surface area contributed by atoms with E-state index in [-0.39, 0.29) is 11.7 Å². The summed E-state index contributed by atoms with van der Waals surface area (Å²) >= 11 is 6.16. The summed E-state index contributed by atoms with van der Waals surface area (Å²) in [6, 6.07) is 9.71. The molecule has 0 spiro atoms. The van der Waals surface area contributed by atoms with Crippen molar-refractivity contribution >= 4 is 46.3 Å². The summed E-state index contributed by atoms with van der Waals surface area (Å²) in [6.45, 7) is 0. The molecule has 2 aromatic rings. The molecule has 0 aliphatic carbocycles. The molecule has 1 aliphatic rings. The topological polar surface area (TPSA) is 83.1 Å². The Hall–Kier alpha value is -3.04. The molecule has 1 saturated heterocycles. The Kier molecular flexibility index (Phi) is 6.40. The fourth-order valence-corrected chi connectivity index (χ4v) is 3.60. The lowest BCUT2D eigenvalue weighted by Gasteiger charge is -2.12. The first-order valence-corrected chi connectivity index (χ1v) is 9.54. The Bertz CT molecular complexity index is 1020. The maximum atomic E-state index is 12.5. The molecule has 0 unspecified atom stereocenters. The molecular formula is C20H17NO6S2. The van der Waals surface area contributed by atoms with Crippen molar-refractivity contribution in [2.45, 2.75) is 0 Å². The van der Waals surface area contributed by atoms with Gasteiger partial charge in [0, 0.05) is 0 Å². The van der Waals surface area contributed by atoms with Crippen LogP contribution >= 0.6 is 24.0 Å². The van der Waals surface area contributed by atoms with Crippen LogP contribution in [0.1, 0.15) is 15.9 Å². The van der Waals surface area contributed by atoms with Crippen molar-refractivity contribution in [3.63, 3.8) is 0 Å². The molecule has 2 aromatic carbocycles. The van der Waals surface area contributed by atoms with Crippen molar-refractivity contribution in [3.05, 3.63) is 52.4 Å². The molecule has 1 fully saturated rings. The summed E-state index contributed by atoms with van der Waals surface area (Å²) < 4.78 is 21.6. The molecule has 3 rings (SSSR count). The second-order valence-electron chi connectivity index (χ2n) is 5.72. The summed E-state index contributed by atoms with van der Waals surface area (Å²) in [7, 11) is 4.46. The third-order valence-corrected chi connectivity index (χ3v) is 5.11. The predicted octanol–water partition coefficient (Wildman–Crippen LogP) is 3.42. The highest BCUT2D eigenvalue weighted by Gasteiger charge is 2.22. The van der Waals surface area contributed by atoms with Crippen molar-refractivity contribution in [3.8, 4) is 23.0 Å². The number of thioether (sulfide) groups is 1. The number of esters is 1. The van der Waals surface area contributed by atoms with Crippen molar-refractivity contribution < 1.29 is 28.5 Å². The lowest BCUT2D eigenvalue weighted by Crippen LogP contribution is -2.17. The number of amides is 1. The second-order valence-corrected chi connectivity index (χ2v) is 7.44. The zero-order chi connectivity index (χ0) is 21.0. The van der Waals surface area contributed by atoms with Gasteiger partial charge in [-0.1, -0.05) is 30.0 Å². The van der Waals surface area contributed by atoms with Crippen LogP contribution in [0.25, 0.3) is 6.08 Å². The molecule has 150 valence electrons. The monoisotopic (exact) mass is 431 g/mol. The van der Waals surface area contributed by atoms with E-state index in [1.54, 1.807) is 36.4 Å². The minimum absolute atomic E-state index is 0.244. The van der Waals surface area contributed by atoms with E-state index in [0.29, 0.717) is 37.6 Å². The lowest BCUT2D eigenvalue weighted by molar-refractivity contribution is -0.115. The van der Waals surface area contributed by atoms with Crippen molar-refractivity contribution in [2.24, 2.45) is 0 Å². The third kappa shape index (κ3) is 4.69. The van der Waals surface area contributed by atoms with E-state index >= 15 is 0 Å². The number of benzene rings is 2. The molecular weight excluding hydrogens is 414 g/mol. The van der Waals surface area contributed by atoms with Crippen LogP contribution < -0.4 is 24.3 Å². The number of carbonyl (C=O) groups excluding carboxylic acids is 2. The highest BCUT2D eigenvalue weighted by Crippen LogP contribution is 2.33. The minimum Gasteiger partial charge on any atom is -0.493 e. The summed E-state index contributed by atoms with van der Waals surface area (Å²) in [6.07, 6.45) is 1.68. The maximum Gasteiger partial charge on any atom is 0.343 e. The van der Waals surface area contributed by atoms with E-state index in [0.717, 1.165) is 0 Å². The summed E-state index contributed by atoms with van der Waals surface area (Å²) in [5.74, 6) is 0.690. The molecule has 0 atom stereocenters. The van der Waals surface area contributed by atoms with E-state index in [1.807, 2.05) is 0 Å². The quantitative estimate of drug-likeness (QED) is 0.322. The van der Waals surface area contributed by atoms with Crippen LogP contribution in [-0.4, -0.2) is 37.5 Å². The van der Waals surface area contributed by atoms with Gasteiger partial charge in [-0.3, -0.25) is 4.79 Å². The van der Waals surface area contributed by atoms with Crippen LogP contribution in [0.15, 0.2) is 41.3 Å². The number of thiocarbonyl (C=S) groups is 1. The predicted molar refractivity (Wildman–Crippen MR) is 114 cm³/mol. The smallest absolute Gasteiger partial charge is 0.343 e. The average Bonchev–Trinajstić information content (AvgIpc) is 3.04. The highest BCUT2D eigenvalue weighted by molar-refractivity contribution is 8.26. The Morgan fingerprint density at radius 2 is 1.62 bits per heavy atom. The number of nitrogens with one attached hydrogen (secondary N) is 1. The maximum absolute atomic E-state index is 12.5. The van der Waals surface area contributed by atoms with E-state index in [9.17, 15) is 9.59 Å². The highest BCUT2D eigenvalue weighted by atomic mass is 32.2. The summed E-state index contributed by atoms with van der Waals surface area (Å²) in [5.41, 5.74) is 0.999. The molecule has 29 heavy (non-hydrogen) atoms. The Morgan fingerprint density at radius 1 is 0.966 bits per heavy atom. The minimum atomic E-state index is -0.577. The van der Waals surface area contributed by atoms with E-state index in [4.69, 9.17) is 31.2 Å². The fraction of sp³-hybridized carbons (Fsp3) is 0.150. The summed E-state index contributed by atoms with van der Waals surface area (Å²) in [4.78, 5) is 24.8. The van der Waals surface area contributed by atoms with Crippen LogP contribution in [0, 0.1) is 0 Å². The van der Waals surface area contributed by atoms with Gasteiger partial charge in [0.05, 0.1) is 31.8 Å². The fourth-order valence-electron chi connectivity index (χ4n) is 2.55. The molecule has 7 nitrogen and oxygen atoms in total. The van der Waals surface area contributed by atoms with Crippen LogP contribution in [0.4, 0.5) is 0 Å². The van der Waals surface area contributed by atoms with E-state index < -0.39 is 5.97 Å². The number of hydrogen-bond acceptors (Lipinski definition) is 8. The first kappa shape index (κ1) is 20.7. The van der Waals surface area contributed by atoms with Crippen LogP contribution in [0.3, 0.4) is 0 Å². The molecule has 0 bridgehead atoms. The van der Waals surface area contributed by atoms with Gasteiger partial charge in [-0.05, 0) is 42.0 Å². The van der Waals surface area contributed by atoms with Gasteiger partial charge in [0.2, 0.25) is 0 Å². The summed E-state index contributed by atoms with van der Waals surface area (Å²) in [5, 5.41) is 2.56. The van der Waals surface area contributed by atoms with Gasteiger partial charge in [0.25, 0.3) is 5.91 Å². The third-order valence-electron chi connectivity index (χ3n) is 3.95. The zero-order valence-corrected chi connectivity index (χ0v) is 17.4. The van der Waals surface area contributed by atoms with Gasteiger partial charge >= 0.3 is 5.97 Å². The van der Waals surface area contributed by atoms with Crippen molar-refractivity contribution in [2.75, 3.05) is 21.3 Å². The number of carbonyl (C=O) groups is 2. The van der Waals surface area contributed by atoms with Crippen molar-refractivity contribution in [1.82, 2.24) is 5.32 Å². The molecule has 0 saturated carbocycles. The zero-order valence-electron chi connectivity index (χ0n) is 15.8. The Morgan fingerprint density at radius 3 is 2.24 bits per heavy atom. The van der Waals surface area contributed by atoms with E-state index in [2.05, 4.69) is 5.32 Å². The SMILES string of the molecule is COc1ccc(C(=O)Oc2ccc(/C=C3\SC(=S)NC3=O)cc2OC)cc1OC. The second kappa shape index (κ2) is 8.97. The van der Waals surface area contributed by atoms with Crippen LogP contribution in [0.5, 0.6) is 23.0 Å². The first-order valence-electron chi connectivity index (χ1n) is 8.32. The van der Waals surface area contributed by atoms with Gasteiger partial charge in [-0.15, -0.1) is 0 Å². The Labute approximate surface area is 177 Å². The van der Waals surface area contributed by atoms with Gasteiger partial charge in [0.15, 0.2) is 23.0 Å². The lowest BCUT2D eigenvalue weighted by atomic mass is 10.1. The number of rotatable bonds is 6. The molecule has 0 aromatic heterocycles. The van der Waals surface area contributed by atoms with Crippen LogP contribution in [0.2, 0.25) is 0 Å². The number of ether oxygens (including phenoxy) is 4. The first-order chi connectivity index (χ1) is 13.9. The van der Waals surface area contributed by atoms with Gasteiger partial charge in [-0.25, -0.2) is 4.79 Å².